The number of piperidine rings is 1. The average molecular weight is 414 g/mol. The third-order valence-corrected chi connectivity index (χ3v) is 6.57. The molecule has 1 aromatic rings. The highest BCUT2D eigenvalue weighted by atomic mass is 16.2. The number of amides is 2. The molecular formula is C25H39N3O2. The predicted octanol–water partition coefficient (Wildman–Crippen LogP) is 5.22. The van der Waals surface area contributed by atoms with E-state index in [9.17, 15) is 9.59 Å². The van der Waals surface area contributed by atoms with Crippen molar-refractivity contribution in [3.63, 3.8) is 0 Å². The average Bonchev–Trinajstić information content (AvgIpc) is 3.25. The molecule has 0 unspecified atom stereocenters. The third kappa shape index (κ3) is 6.48. The van der Waals surface area contributed by atoms with E-state index in [2.05, 4.69) is 36.3 Å². The van der Waals surface area contributed by atoms with Gasteiger partial charge in [-0.2, -0.15) is 0 Å². The Morgan fingerprint density at radius 3 is 2.47 bits per heavy atom. The van der Waals surface area contributed by atoms with Crippen LogP contribution in [0.1, 0.15) is 82.5 Å². The van der Waals surface area contributed by atoms with E-state index in [1.807, 2.05) is 18.2 Å². The molecule has 0 aromatic heterocycles. The van der Waals surface area contributed by atoms with E-state index in [1.54, 1.807) is 0 Å². The molecule has 1 saturated heterocycles. The summed E-state index contributed by atoms with van der Waals surface area (Å²) in [4.78, 5) is 27.7. The summed E-state index contributed by atoms with van der Waals surface area (Å²) in [5, 5.41) is 6.08. The molecule has 3 rings (SSSR count). The van der Waals surface area contributed by atoms with Gasteiger partial charge in [0.15, 0.2) is 0 Å². The highest BCUT2D eigenvalue weighted by Gasteiger charge is 2.22. The van der Waals surface area contributed by atoms with E-state index in [4.69, 9.17) is 0 Å². The van der Waals surface area contributed by atoms with Gasteiger partial charge in [-0.25, -0.2) is 0 Å². The first-order chi connectivity index (χ1) is 14.4. The van der Waals surface area contributed by atoms with Crippen molar-refractivity contribution in [2.24, 2.45) is 17.8 Å². The molecule has 1 saturated carbocycles. The normalized spacial score (nSPS) is 18.1. The maximum atomic E-state index is 13.0. The molecule has 5 nitrogen and oxygen atoms in total. The topological polar surface area (TPSA) is 61.4 Å². The molecule has 0 bridgehead atoms. The molecule has 166 valence electrons. The molecule has 1 aliphatic heterocycles. The first kappa shape index (κ1) is 22.6. The van der Waals surface area contributed by atoms with Gasteiger partial charge in [0.05, 0.1) is 5.56 Å². The molecular weight excluding hydrogens is 374 g/mol. The number of hydrogen-bond donors (Lipinski definition) is 2. The smallest absolute Gasteiger partial charge is 0.253 e. The largest absolute Gasteiger partial charge is 0.371 e. The van der Waals surface area contributed by atoms with Gasteiger partial charge in [0.2, 0.25) is 5.91 Å². The summed E-state index contributed by atoms with van der Waals surface area (Å²) in [6.45, 7) is 9.06. The summed E-state index contributed by atoms with van der Waals surface area (Å²) in [5.74, 6) is 1.83. The van der Waals surface area contributed by atoms with Crippen molar-refractivity contribution in [3.05, 3.63) is 23.8 Å². The zero-order valence-electron chi connectivity index (χ0n) is 19.0. The Hall–Kier alpha value is -2.04. The number of rotatable bonds is 8. The summed E-state index contributed by atoms with van der Waals surface area (Å²) in [6.07, 6.45) is 8.95. The fourth-order valence-electron chi connectivity index (χ4n) is 4.57. The molecule has 2 aliphatic rings. The second-order valence-electron chi connectivity index (χ2n) is 9.74. The van der Waals surface area contributed by atoms with Crippen molar-refractivity contribution in [3.8, 4) is 0 Å². The number of hydrogen-bond acceptors (Lipinski definition) is 3. The second-order valence-corrected chi connectivity index (χ2v) is 9.74. The van der Waals surface area contributed by atoms with Gasteiger partial charge >= 0.3 is 0 Å². The number of anilines is 2. The van der Waals surface area contributed by atoms with Crippen LogP contribution >= 0.6 is 0 Å². The van der Waals surface area contributed by atoms with Crippen LogP contribution < -0.4 is 15.5 Å². The third-order valence-electron chi connectivity index (χ3n) is 6.57. The van der Waals surface area contributed by atoms with Gasteiger partial charge in [0.25, 0.3) is 5.91 Å². The minimum Gasteiger partial charge on any atom is -0.371 e. The van der Waals surface area contributed by atoms with Crippen molar-refractivity contribution in [1.29, 1.82) is 0 Å². The Balaban J connectivity index is 1.70. The van der Waals surface area contributed by atoms with Gasteiger partial charge in [-0.1, -0.05) is 46.5 Å². The number of nitrogens with zero attached hydrogens (tertiary/aromatic N) is 1. The van der Waals surface area contributed by atoms with Crippen LogP contribution in [0.3, 0.4) is 0 Å². The molecule has 2 N–H and O–H groups in total. The van der Waals surface area contributed by atoms with Crippen LogP contribution in [0.5, 0.6) is 0 Å². The molecule has 2 fully saturated rings. The van der Waals surface area contributed by atoms with Crippen molar-refractivity contribution in [1.82, 2.24) is 5.32 Å². The molecule has 0 radical (unpaired) electrons. The SMILES string of the molecule is CC(C)CNC(=O)c1cc(NC(=O)CCC2CCCC2)ccc1N1CCC(C)CC1. The second kappa shape index (κ2) is 10.8. The lowest BCUT2D eigenvalue weighted by Crippen LogP contribution is -2.35. The van der Waals surface area contributed by atoms with Crippen LogP contribution in [0, 0.1) is 17.8 Å². The number of nitrogens with one attached hydrogen (secondary N) is 2. The number of benzene rings is 1. The number of carbonyl (C=O) groups is 2. The Labute approximate surface area is 182 Å². The van der Waals surface area contributed by atoms with Gasteiger partial charge in [0, 0.05) is 37.4 Å². The van der Waals surface area contributed by atoms with E-state index in [0.29, 0.717) is 30.4 Å². The summed E-state index contributed by atoms with van der Waals surface area (Å²) in [5.41, 5.74) is 2.36. The highest BCUT2D eigenvalue weighted by molar-refractivity contribution is 6.02. The standard InChI is InChI=1S/C25H39N3O2/c1-18(2)17-26-25(30)22-16-21(27-24(29)11-8-20-6-4-5-7-20)9-10-23(22)28-14-12-19(3)13-15-28/h9-10,16,18-20H,4-8,11-15,17H2,1-3H3,(H,26,30)(H,27,29). The maximum absolute atomic E-state index is 13.0. The summed E-state index contributed by atoms with van der Waals surface area (Å²) in [7, 11) is 0. The zero-order chi connectivity index (χ0) is 21.5. The quantitative estimate of drug-likeness (QED) is 0.614. The van der Waals surface area contributed by atoms with Crippen LogP contribution in [0.25, 0.3) is 0 Å². The lowest BCUT2D eigenvalue weighted by molar-refractivity contribution is -0.116. The fourth-order valence-corrected chi connectivity index (χ4v) is 4.57. The fraction of sp³-hybridized carbons (Fsp3) is 0.680. The lowest BCUT2D eigenvalue weighted by Gasteiger charge is -2.33. The summed E-state index contributed by atoms with van der Waals surface area (Å²) < 4.78 is 0. The van der Waals surface area contributed by atoms with Gasteiger partial charge in [-0.3, -0.25) is 9.59 Å². The molecule has 1 heterocycles. The van der Waals surface area contributed by atoms with Gasteiger partial charge in [-0.05, 0) is 55.2 Å². The van der Waals surface area contributed by atoms with Crippen LogP contribution in [0.2, 0.25) is 0 Å². The highest BCUT2D eigenvalue weighted by Crippen LogP contribution is 2.30. The monoisotopic (exact) mass is 413 g/mol. The minimum absolute atomic E-state index is 0.0509. The lowest BCUT2D eigenvalue weighted by atomic mass is 9.97. The van der Waals surface area contributed by atoms with E-state index < -0.39 is 0 Å². The Kier molecular flexibility index (Phi) is 8.17. The Bertz CT molecular complexity index is 717. The van der Waals surface area contributed by atoms with E-state index in [1.165, 1.54) is 25.7 Å². The summed E-state index contributed by atoms with van der Waals surface area (Å²) in [6, 6.07) is 5.81. The molecule has 5 heteroatoms. The maximum Gasteiger partial charge on any atom is 0.253 e. The summed E-state index contributed by atoms with van der Waals surface area (Å²) >= 11 is 0. The molecule has 30 heavy (non-hydrogen) atoms. The molecule has 0 atom stereocenters. The van der Waals surface area contributed by atoms with Crippen molar-refractivity contribution in [2.45, 2.75) is 72.1 Å². The first-order valence-electron chi connectivity index (χ1n) is 11.9. The van der Waals surface area contributed by atoms with Crippen molar-refractivity contribution >= 4 is 23.2 Å². The molecule has 1 aromatic carbocycles. The Morgan fingerprint density at radius 1 is 1.10 bits per heavy atom. The van der Waals surface area contributed by atoms with E-state index in [-0.39, 0.29) is 11.8 Å². The first-order valence-corrected chi connectivity index (χ1v) is 11.9. The minimum atomic E-state index is -0.0561. The van der Waals surface area contributed by atoms with E-state index in [0.717, 1.165) is 49.6 Å². The van der Waals surface area contributed by atoms with Gasteiger partial charge < -0.3 is 15.5 Å². The number of carbonyl (C=O) groups excluding carboxylic acids is 2. The van der Waals surface area contributed by atoms with Gasteiger partial charge in [0.1, 0.15) is 0 Å². The molecule has 0 spiro atoms. The molecule has 2 amide bonds. The zero-order valence-corrected chi connectivity index (χ0v) is 19.0. The van der Waals surface area contributed by atoms with Crippen molar-refractivity contribution < 1.29 is 9.59 Å². The van der Waals surface area contributed by atoms with Gasteiger partial charge in [-0.15, -0.1) is 0 Å². The Morgan fingerprint density at radius 2 is 1.80 bits per heavy atom. The van der Waals surface area contributed by atoms with Crippen LogP contribution in [0.15, 0.2) is 18.2 Å². The van der Waals surface area contributed by atoms with E-state index >= 15 is 0 Å². The van der Waals surface area contributed by atoms with Crippen molar-refractivity contribution in [2.75, 3.05) is 29.9 Å². The molecule has 1 aliphatic carbocycles. The van der Waals surface area contributed by atoms with Crippen LogP contribution in [-0.2, 0) is 4.79 Å². The van der Waals surface area contributed by atoms with Crippen LogP contribution in [0.4, 0.5) is 11.4 Å². The predicted molar refractivity (Wildman–Crippen MR) is 124 cm³/mol. The van der Waals surface area contributed by atoms with Crippen LogP contribution in [-0.4, -0.2) is 31.4 Å².